The van der Waals surface area contributed by atoms with Gasteiger partial charge in [-0.05, 0) is 6.42 Å². The first-order valence-corrected chi connectivity index (χ1v) is 13.5. The fraction of sp³-hybridized carbons (Fsp3) is 0.926. The van der Waals surface area contributed by atoms with E-state index in [-0.39, 0.29) is 0 Å². The smallest absolute Gasteiger partial charge is 0.0586 e. The molecule has 0 fully saturated rings. The largest absolute Gasteiger partial charge is 0.0979 e. The molecule has 28 heavy (non-hydrogen) atoms. The second-order valence-corrected chi connectivity index (χ2v) is 9.04. The van der Waals surface area contributed by atoms with Gasteiger partial charge in [-0.3, -0.25) is 0 Å². The maximum absolute atomic E-state index is 3.91. The predicted octanol–water partition coefficient (Wildman–Crippen LogP) is 10.7. The van der Waals surface area contributed by atoms with Gasteiger partial charge in [-0.2, -0.15) is 0 Å². The molecule has 0 rings (SSSR count). The Labute approximate surface area is 182 Å². The Bertz CT molecular complexity index is 325. The van der Waals surface area contributed by atoms with Gasteiger partial charge >= 0.3 is 0 Å². The molecule has 0 aliphatic carbocycles. The van der Waals surface area contributed by atoms with Crippen LogP contribution in [0.2, 0.25) is 0 Å². The van der Waals surface area contributed by atoms with E-state index in [0.29, 0.717) is 0 Å². The molecule has 1 heteroatoms. The quantitative estimate of drug-likeness (QED) is 0.0899. The fourth-order valence-corrected chi connectivity index (χ4v) is 4.17. The predicted molar refractivity (Wildman–Crippen MR) is 131 cm³/mol. The lowest BCUT2D eigenvalue weighted by Crippen LogP contribution is -1.84. The number of hydrogen-bond acceptors (Lipinski definition) is 0. The molecule has 0 N–H and O–H groups in total. The van der Waals surface area contributed by atoms with E-state index in [2.05, 4.69) is 27.7 Å². The second kappa shape index (κ2) is 27.0. The molecule has 0 amide bonds. The van der Waals surface area contributed by atoms with Crippen molar-refractivity contribution in [3.8, 4) is 11.6 Å². The van der Waals surface area contributed by atoms with Crippen LogP contribution in [-0.2, 0) is 0 Å². The monoisotopic (exact) mass is 406 g/mol. The molecule has 0 atom stereocenters. The van der Waals surface area contributed by atoms with Gasteiger partial charge in [0.2, 0.25) is 0 Å². The third-order valence-corrected chi connectivity index (χ3v) is 6.14. The van der Waals surface area contributed by atoms with Crippen molar-refractivity contribution >= 4 is 9.24 Å². The molecule has 0 aromatic carbocycles. The summed E-state index contributed by atoms with van der Waals surface area (Å²) in [6.45, 7) is 2.30. The van der Waals surface area contributed by atoms with Gasteiger partial charge in [-0.15, -0.1) is 0 Å². The number of unbranched alkanes of at least 4 members (excludes halogenated alkanes) is 23. The number of hydrogen-bond donors (Lipinski definition) is 0. The van der Waals surface area contributed by atoms with E-state index >= 15 is 0 Å². The van der Waals surface area contributed by atoms with E-state index in [1.807, 2.05) is 0 Å². The highest BCUT2D eigenvalue weighted by Crippen LogP contribution is 2.15. The van der Waals surface area contributed by atoms with Crippen molar-refractivity contribution in [2.75, 3.05) is 0 Å². The molecule has 0 saturated carbocycles. The molecule has 0 unspecified atom stereocenters. The first-order chi connectivity index (χ1) is 13.9. The van der Waals surface area contributed by atoms with Gasteiger partial charge in [0.1, 0.15) is 0 Å². The summed E-state index contributed by atoms with van der Waals surface area (Å²) in [7, 11) is 3.91. The summed E-state index contributed by atoms with van der Waals surface area (Å²) < 4.78 is 0. The lowest BCUT2D eigenvalue weighted by molar-refractivity contribution is 0.518. The van der Waals surface area contributed by atoms with E-state index in [4.69, 9.17) is 0 Å². The Balaban J connectivity index is 2.98. The van der Waals surface area contributed by atoms with Crippen LogP contribution in [0.15, 0.2) is 0 Å². The molecule has 0 aliphatic heterocycles. The van der Waals surface area contributed by atoms with Crippen LogP contribution in [0, 0.1) is 11.6 Å². The zero-order chi connectivity index (χ0) is 20.4. The summed E-state index contributed by atoms with van der Waals surface area (Å²) in [5.41, 5.74) is 2.68. The van der Waals surface area contributed by atoms with Crippen LogP contribution in [0.25, 0.3) is 0 Å². The summed E-state index contributed by atoms with van der Waals surface area (Å²) in [4.78, 5) is 0. The van der Waals surface area contributed by atoms with Gasteiger partial charge in [-0.25, -0.2) is 0 Å². The topological polar surface area (TPSA) is 0 Å². The SMILES string of the molecule is CCCCCCCCCCCCCCCCCCCCCCCCCC#C[P]. The van der Waals surface area contributed by atoms with E-state index in [9.17, 15) is 0 Å². The lowest BCUT2D eigenvalue weighted by Gasteiger charge is -2.04. The molecule has 0 saturated heterocycles. The molecular formula is C27H51P. The Kier molecular flexibility index (Phi) is 27.0. The zero-order valence-corrected chi connectivity index (χ0v) is 20.3. The number of rotatable bonds is 23. The first-order valence-electron chi connectivity index (χ1n) is 13.0. The fourth-order valence-electron chi connectivity index (χ4n) is 4.05. The molecule has 0 aromatic rings. The van der Waals surface area contributed by atoms with Crippen molar-refractivity contribution in [2.45, 2.75) is 161 Å². The van der Waals surface area contributed by atoms with Crippen LogP contribution in [-0.4, -0.2) is 0 Å². The molecule has 164 valence electrons. The van der Waals surface area contributed by atoms with E-state index in [0.717, 1.165) is 6.42 Å². The average Bonchev–Trinajstić information content (AvgIpc) is 2.71. The Hall–Kier alpha value is -0.0100. The highest BCUT2D eigenvalue weighted by molar-refractivity contribution is 7.23. The van der Waals surface area contributed by atoms with Crippen LogP contribution >= 0.6 is 9.24 Å². The van der Waals surface area contributed by atoms with Crippen LogP contribution < -0.4 is 0 Å². The third-order valence-electron chi connectivity index (χ3n) is 5.98. The van der Waals surface area contributed by atoms with Crippen molar-refractivity contribution in [1.82, 2.24) is 0 Å². The van der Waals surface area contributed by atoms with Crippen molar-refractivity contribution in [3.05, 3.63) is 0 Å². The lowest BCUT2D eigenvalue weighted by atomic mass is 10.0. The zero-order valence-electron chi connectivity index (χ0n) is 19.4. The third kappa shape index (κ3) is 26.0. The standard InChI is InChI=1S/C27H51P/c1-2-3-4-5-6-7-8-9-10-11-12-13-14-15-16-17-18-19-20-21-22-23-24-25-26-27-28/h2-25H2,1H3. The molecule has 0 aliphatic rings. The highest BCUT2D eigenvalue weighted by Gasteiger charge is 1.95. The summed E-state index contributed by atoms with van der Waals surface area (Å²) >= 11 is 0. The minimum atomic E-state index is 1.03. The Morgan fingerprint density at radius 3 is 0.893 bits per heavy atom. The van der Waals surface area contributed by atoms with Crippen molar-refractivity contribution in [2.24, 2.45) is 0 Å². The summed E-state index contributed by atoms with van der Waals surface area (Å²) in [5.74, 6) is 3.03. The first kappa shape index (κ1) is 28.0. The molecule has 0 bridgehead atoms. The van der Waals surface area contributed by atoms with Crippen LogP contribution in [0.1, 0.15) is 161 Å². The molecule has 0 heterocycles. The molecular weight excluding hydrogens is 355 g/mol. The van der Waals surface area contributed by atoms with Gasteiger partial charge < -0.3 is 0 Å². The summed E-state index contributed by atoms with van der Waals surface area (Å²) in [6.07, 6.45) is 34.3. The Morgan fingerprint density at radius 2 is 0.643 bits per heavy atom. The average molecular weight is 407 g/mol. The van der Waals surface area contributed by atoms with Crippen LogP contribution in [0.4, 0.5) is 0 Å². The second-order valence-electron chi connectivity index (χ2n) is 8.82. The van der Waals surface area contributed by atoms with Crippen LogP contribution in [0.3, 0.4) is 0 Å². The van der Waals surface area contributed by atoms with Gasteiger partial charge in [0, 0.05) is 6.42 Å². The maximum Gasteiger partial charge on any atom is 0.0586 e. The van der Waals surface area contributed by atoms with Crippen molar-refractivity contribution in [3.63, 3.8) is 0 Å². The molecule has 0 nitrogen and oxygen atoms in total. The van der Waals surface area contributed by atoms with Crippen LogP contribution in [0.5, 0.6) is 0 Å². The van der Waals surface area contributed by atoms with Crippen molar-refractivity contribution in [1.29, 1.82) is 0 Å². The van der Waals surface area contributed by atoms with E-state index < -0.39 is 0 Å². The van der Waals surface area contributed by atoms with E-state index in [1.54, 1.807) is 0 Å². The molecule has 2 radical (unpaired) electrons. The van der Waals surface area contributed by atoms with Gasteiger partial charge in [-0.1, -0.05) is 160 Å². The summed E-state index contributed by atoms with van der Waals surface area (Å²) in [6, 6.07) is 0. The van der Waals surface area contributed by atoms with E-state index in [1.165, 1.54) is 148 Å². The Morgan fingerprint density at radius 1 is 0.393 bits per heavy atom. The normalized spacial score (nSPS) is 10.8. The van der Waals surface area contributed by atoms with Gasteiger partial charge in [0.25, 0.3) is 0 Å². The minimum Gasteiger partial charge on any atom is -0.0979 e. The highest BCUT2D eigenvalue weighted by atomic mass is 31.0. The summed E-state index contributed by atoms with van der Waals surface area (Å²) in [5, 5.41) is 0. The minimum absolute atomic E-state index is 1.03. The maximum atomic E-state index is 3.91. The molecule has 0 spiro atoms. The van der Waals surface area contributed by atoms with Gasteiger partial charge in [0.15, 0.2) is 0 Å². The molecule has 0 aromatic heterocycles. The van der Waals surface area contributed by atoms with Crippen molar-refractivity contribution < 1.29 is 0 Å². The van der Waals surface area contributed by atoms with Gasteiger partial charge in [0.05, 0.1) is 9.24 Å².